The molecule has 8 nitrogen and oxygen atoms in total. The third-order valence-electron chi connectivity index (χ3n) is 4.54. The van der Waals surface area contributed by atoms with Crippen molar-refractivity contribution in [1.29, 1.82) is 0 Å². The summed E-state index contributed by atoms with van der Waals surface area (Å²) in [5.74, 6) is 0.611. The van der Waals surface area contributed by atoms with Crippen LogP contribution < -0.4 is 16.2 Å². The second-order valence-electron chi connectivity index (χ2n) is 6.24. The number of hydrazine groups is 1. The van der Waals surface area contributed by atoms with Crippen molar-refractivity contribution in [3.8, 4) is 11.5 Å². The molecule has 1 aromatic carbocycles. The Balaban J connectivity index is 0.00000182. The normalized spacial score (nSPS) is 19.0. The number of amides is 2. The molecule has 9 heteroatoms. The van der Waals surface area contributed by atoms with Crippen LogP contribution in [0.1, 0.15) is 37.9 Å². The van der Waals surface area contributed by atoms with Crippen LogP contribution in [0.4, 0.5) is 5.69 Å². The molecule has 25 heavy (non-hydrogen) atoms. The minimum absolute atomic E-state index is 0. The molecule has 1 aromatic heterocycles. The van der Waals surface area contributed by atoms with E-state index in [1.807, 2.05) is 0 Å². The Morgan fingerprint density at radius 1 is 1.16 bits per heavy atom. The van der Waals surface area contributed by atoms with E-state index in [1.165, 1.54) is 5.01 Å². The number of halogens is 1. The summed E-state index contributed by atoms with van der Waals surface area (Å²) < 4.78 is 5.30. The zero-order valence-corrected chi connectivity index (χ0v) is 14.2. The molecule has 0 radical (unpaired) electrons. The van der Waals surface area contributed by atoms with Crippen LogP contribution in [0.3, 0.4) is 0 Å². The predicted octanol–water partition coefficient (Wildman–Crippen LogP) is 1.65. The van der Waals surface area contributed by atoms with E-state index in [0.29, 0.717) is 17.4 Å². The molecular formula is C16H18ClN5O3. The number of rotatable bonds is 3. The average Bonchev–Trinajstić information content (AvgIpc) is 3.05. The summed E-state index contributed by atoms with van der Waals surface area (Å²) in [6, 6.07) is 6.99. The lowest BCUT2D eigenvalue weighted by Gasteiger charge is -2.34. The third kappa shape index (κ3) is 3.10. The molecule has 0 unspecified atom stereocenters. The molecule has 0 bridgehead atoms. The quantitative estimate of drug-likeness (QED) is 0.857. The average molecular weight is 364 g/mol. The van der Waals surface area contributed by atoms with Crippen LogP contribution in [0.5, 0.6) is 0 Å². The van der Waals surface area contributed by atoms with Gasteiger partial charge in [0.1, 0.15) is 0 Å². The van der Waals surface area contributed by atoms with Crippen LogP contribution in [0.15, 0.2) is 28.8 Å². The topological polar surface area (TPSA) is 114 Å². The monoisotopic (exact) mass is 363 g/mol. The van der Waals surface area contributed by atoms with E-state index in [1.54, 1.807) is 24.3 Å². The minimum atomic E-state index is -0.466. The fourth-order valence-electron chi connectivity index (χ4n) is 2.86. The first-order valence-electron chi connectivity index (χ1n) is 7.91. The molecule has 2 amide bonds. The number of carbonyl (C=O) groups excluding carboxylic acids is 2. The number of anilines is 1. The fraction of sp³-hybridized carbons (Fsp3) is 0.375. The molecule has 0 spiro atoms. The molecule has 132 valence electrons. The van der Waals surface area contributed by atoms with Crippen molar-refractivity contribution >= 4 is 29.9 Å². The van der Waals surface area contributed by atoms with Gasteiger partial charge in [-0.05, 0) is 43.5 Å². The van der Waals surface area contributed by atoms with Crippen LogP contribution in [0.2, 0.25) is 0 Å². The standard InChI is InChI=1S/C16H17N5O3.ClH/c17-16(8-1-9-16)15-18-14(24-20-15)10-2-4-11(5-3-10)21-13(23)7-6-12(22)19-21;/h2-5H,1,6-9,17H2,(H,19,22);1H. The summed E-state index contributed by atoms with van der Waals surface area (Å²) in [5, 5.41) is 5.25. The fourth-order valence-corrected chi connectivity index (χ4v) is 2.86. The molecule has 1 saturated heterocycles. The van der Waals surface area contributed by atoms with E-state index in [2.05, 4.69) is 15.6 Å². The molecule has 1 saturated carbocycles. The summed E-state index contributed by atoms with van der Waals surface area (Å²) in [6.07, 6.45) is 3.23. The van der Waals surface area contributed by atoms with Crippen molar-refractivity contribution < 1.29 is 14.1 Å². The van der Waals surface area contributed by atoms with Gasteiger partial charge in [-0.3, -0.25) is 15.0 Å². The zero-order valence-electron chi connectivity index (χ0n) is 13.4. The van der Waals surface area contributed by atoms with Crippen LogP contribution in [0.25, 0.3) is 11.5 Å². The first-order valence-corrected chi connectivity index (χ1v) is 7.91. The molecular weight excluding hydrogens is 346 g/mol. The number of nitrogens with two attached hydrogens (primary N) is 1. The van der Waals surface area contributed by atoms with Gasteiger partial charge in [0.05, 0.1) is 11.2 Å². The summed E-state index contributed by atoms with van der Waals surface area (Å²) in [7, 11) is 0. The van der Waals surface area contributed by atoms with Crippen molar-refractivity contribution in [1.82, 2.24) is 15.6 Å². The highest BCUT2D eigenvalue weighted by Gasteiger charge is 2.39. The van der Waals surface area contributed by atoms with Gasteiger partial charge in [0.15, 0.2) is 5.82 Å². The highest BCUT2D eigenvalue weighted by atomic mass is 35.5. The van der Waals surface area contributed by atoms with Gasteiger partial charge in [0.25, 0.3) is 5.89 Å². The van der Waals surface area contributed by atoms with Gasteiger partial charge in [-0.2, -0.15) is 4.98 Å². The van der Waals surface area contributed by atoms with Crippen molar-refractivity contribution in [2.45, 2.75) is 37.6 Å². The Kier molecular flexibility index (Phi) is 4.49. The van der Waals surface area contributed by atoms with Crippen molar-refractivity contribution in [2.75, 3.05) is 5.01 Å². The Bertz CT molecular complexity index is 800. The maximum atomic E-state index is 11.9. The summed E-state index contributed by atoms with van der Waals surface area (Å²) in [4.78, 5) is 27.8. The summed E-state index contributed by atoms with van der Waals surface area (Å²) >= 11 is 0. The van der Waals surface area contributed by atoms with Crippen molar-refractivity contribution in [3.63, 3.8) is 0 Å². The van der Waals surface area contributed by atoms with E-state index < -0.39 is 5.54 Å². The van der Waals surface area contributed by atoms with Crippen molar-refractivity contribution in [3.05, 3.63) is 30.1 Å². The highest BCUT2D eigenvalue weighted by Crippen LogP contribution is 2.37. The van der Waals surface area contributed by atoms with Crippen LogP contribution in [-0.4, -0.2) is 22.0 Å². The molecule has 2 aromatic rings. The Morgan fingerprint density at radius 2 is 1.88 bits per heavy atom. The van der Waals surface area contributed by atoms with Crippen LogP contribution in [-0.2, 0) is 15.1 Å². The van der Waals surface area contributed by atoms with Gasteiger partial charge in [-0.15, -0.1) is 12.4 Å². The maximum Gasteiger partial charge on any atom is 0.257 e. The Hall–Kier alpha value is -2.45. The molecule has 2 heterocycles. The number of hydrogen-bond acceptors (Lipinski definition) is 6. The minimum Gasteiger partial charge on any atom is -0.334 e. The van der Waals surface area contributed by atoms with E-state index in [0.717, 1.165) is 24.8 Å². The largest absolute Gasteiger partial charge is 0.334 e. The highest BCUT2D eigenvalue weighted by molar-refractivity contribution is 6.01. The first-order chi connectivity index (χ1) is 11.5. The zero-order chi connectivity index (χ0) is 16.7. The predicted molar refractivity (Wildman–Crippen MR) is 91.6 cm³/mol. The lowest BCUT2D eigenvalue weighted by molar-refractivity contribution is -0.130. The second kappa shape index (κ2) is 6.45. The molecule has 0 atom stereocenters. The number of benzene rings is 1. The first kappa shape index (κ1) is 17.4. The lowest BCUT2D eigenvalue weighted by atomic mass is 9.77. The van der Waals surface area contributed by atoms with Crippen LogP contribution >= 0.6 is 12.4 Å². The van der Waals surface area contributed by atoms with Gasteiger partial charge in [-0.25, -0.2) is 5.01 Å². The van der Waals surface area contributed by atoms with Gasteiger partial charge in [0.2, 0.25) is 11.8 Å². The molecule has 2 fully saturated rings. The van der Waals surface area contributed by atoms with E-state index in [9.17, 15) is 9.59 Å². The van der Waals surface area contributed by atoms with Gasteiger partial charge >= 0.3 is 0 Å². The Labute approximate surface area is 150 Å². The molecule has 2 aliphatic rings. The maximum absolute atomic E-state index is 11.9. The smallest absolute Gasteiger partial charge is 0.257 e. The summed E-state index contributed by atoms with van der Waals surface area (Å²) in [5.41, 5.74) is 9.61. The van der Waals surface area contributed by atoms with E-state index in [4.69, 9.17) is 10.3 Å². The number of carbonyl (C=O) groups is 2. The van der Waals surface area contributed by atoms with E-state index >= 15 is 0 Å². The van der Waals surface area contributed by atoms with Crippen molar-refractivity contribution in [2.24, 2.45) is 5.73 Å². The second-order valence-corrected chi connectivity index (χ2v) is 6.24. The van der Waals surface area contributed by atoms with Gasteiger partial charge in [-0.1, -0.05) is 5.16 Å². The van der Waals surface area contributed by atoms with Crippen LogP contribution in [0, 0.1) is 0 Å². The number of aromatic nitrogens is 2. The number of nitrogens with one attached hydrogen (secondary N) is 1. The molecule has 3 N–H and O–H groups in total. The SMILES string of the molecule is Cl.NC1(c2noc(-c3ccc(N4NC(=O)CCC4=O)cc3)n2)CCC1. The van der Waals surface area contributed by atoms with Gasteiger partial charge < -0.3 is 10.3 Å². The van der Waals surface area contributed by atoms with E-state index in [-0.39, 0.29) is 37.1 Å². The molecule has 1 aliphatic carbocycles. The third-order valence-corrected chi connectivity index (χ3v) is 4.54. The van der Waals surface area contributed by atoms with Gasteiger partial charge in [0, 0.05) is 18.4 Å². The summed E-state index contributed by atoms with van der Waals surface area (Å²) in [6.45, 7) is 0. The lowest BCUT2D eigenvalue weighted by Crippen LogP contribution is -2.50. The number of nitrogens with zero attached hydrogens (tertiary/aromatic N) is 3. The Morgan fingerprint density at radius 3 is 2.52 bits per heavy atom. The number of hydrogen-bond donors (Lipinski definition) is 2. The molecule has 1 aliphatic heterocycles. The molecule has 4 rings (SSSR count).